The first-order chi connectivity index (χ1) is 7.69. The molecule has 0 amide bonds. The highest BCUT2D eigenvalue weighted by Crippen LogP contribution is 2.18. The molecule has 0 bridgehead atoms. The van der Waals surface area contributed by atoms with Crippen molar-refractivity contribution >= 4 is 20.1 Å². The van der Waals surface area contributed by atoms with Crippen molar-refractivity contribution in [1.29, 1.82) is 0 Å². The van der Waals surface area contributed by atoms with Crippen molar-refractivity contribution in [3.05, 3.63) is 0 Å². The SMILES string of the molecule is OCB(CO)C(B(CO)CO)B(CO)CO. The van der Waals surface area contributed by atoms with Gasteiger partial charge in [0, 0.05) is 39.0 Å². The molecule has 0 aliphatic carbocycles. The van der Waals surface area contributed by atoms with E-state index in [1.807, 2.05) is 0 Å². The Kier molecular flexibility index (Phi) is 9.01. The van der Waals surface area contributed by atoms with Crippen LogP contribution in [0.4, 0.5) is 0 Å². The Balaban J connectivity index is 4.84. The zero-order valence-electron chi connectivity index (χ0n) is 9.24. The van der Waals surface area contributed by atoms with Crippen LogP contribution in [0, 0.1) is 0 Å². The predicted molar refractivity (Wildman–Crippen MR) is 63.5 cm³/mol. The van der Waals surface area contributed by atoms with Crippen LogP contribution in [0.2, 0.25) is 5.62 Å². The summed E-state index contributed by atoms with van der Waals surface area (Å²) >= 11 is 0. The Bertz CT molecular complexity index is 134. The number of rotatable bonds is 9. The van der Waals surface area contributed by atoms with Gasteiger partial charge in [-0.3, -0.25) is 0 Å². The molecule has 0 aliphatic rings. The van der Waals surface area contributed by atoms with Crippen molar-refractivity contribution in [2.45, 2.75) is 5.62 Å². The second kappa shape index (κ2) is 9.03. The normalized spacial score (nSPS) is 10.7. The van der Waals surface area contributed by atoms with Gasteiger partial charge in [0.1, 0.15) is 0 Å². The maximum atomic E-state index is 9.09. The summed E-state index contributed by atoms with van der Waals surface area (Å²) in [4.78, 5) is 0. The molecule has 0 radical (unpaired) electrons. The van der Waals surface area contributed by atoms with Crippen LogP contribution in [-0.4, -0.2) is 89.8 Å². The minimum absolute atomic E-state index is 0.325. The lowest BCUT2D eigenvalue weighted by atomic mass is 9.08. The average Bonchev–Trinajstić information content (AvgIpc) is 2.33. The number of hydrogen-bond acceptors (Lipinski definition) is 6. The minimum atomic E-state index is -0.575. The molecule has 0 unspecified atom stereocenters. The summed E-state index contributed by atoms with van der Waals surface area (Å²) < 4.78 is 0. The molecule has 0 fully saturated rings. The zero-order valence-corrected chi connectivity index (χ0v) is 9.24. The molecule has 16 heavy (non-hydrogen) atoms. The molecule has 9 heteroatoms. The largest absolute Gasteiger partial charge is 0.404 e. The summed E-state index contributed by atoms with van der Waals surface area (Å²) in [6.07, 6.45) is 0. The van der Waals surface area contributed by atoms with Crippen molar-refractivity contribution in [1.82, 2.24) is 0 Å². The van der Waals surface area contributed by atoms with Crippen molar-refractivity contribution in [2.75, 3.05) is 39.0 Å². The first-order valence-electron chi connectivity index (χ1n) is 5.35. The summed E-state index contributed by atoms with van der Waals surface area (Å²) in [5.41, 5.74) is -0.528. The molecule has 0 aromatic heterocycles. The van der Waals surface area contributed by atoms with Gasteiger partial charge in [-0.2, -0.15) is 0 Å². The van der Waals surface area contributed by atoms with Gasteiger partial charge in [0.05, 0.1) is 0 Å². The molecule has 6 nitrogen and oxygen atoms in total. The summed E-state index contributed by atoms with van der Waals surface area (Å²) in [5, 5.41) is 54.5. The van der Waals surface area contributed by atoms with E-state index in [2.05, 4.69) is 0 Å². The summed E-state index contributed by atoms with van der Waals surface area (Å²) in [6, 6.07) is 0. The fraction of sp³-hybridized carbons (Fsp3) is 1.00. The van der Waals surface area contributed by atoms with Gasteiger partial charge in [-0.05, 0) is 0 Å². The molecule has 0 spiro atoms. The standard InChI is InChI=1S/C7H19B3O6/c11-1-8(2-12)7(9(3-13)4-14)10(5-15)6-16/h7,11-16H,1-6H2. The van der Waals surface area contributed by atoms with Gasteiger partial charge in [-0.1, -0.05) is 5.62 Å². The van der Waals surface area contributed by atoms with Gasteiger partial charge in [0.25, 0.3) is 0 Å². The van der Waals surface area contributed by atoms with E-state index < -0.39 is 25.8 Å². The molecule has 0 saturated heterocycles. The summed E-state index contributed by atoms with van der Waals surface area (Å²) in [5.74, 6) is 0. The van der Waals surface area contributed by atoms with Crippen LogP contribution in [0.1, 0.15) is 0 Å². The summed E-state index contributed by atoms with van der Waals surface area (Å²) in [6.45, 7) is -3.68. The lowest BCUT2D eigenvalue weighted by Gasteiger charge is -2.29. The maximum absolute atomic E-state index is 9.09. The molecule has 0 rings (SSSR count). The molecule has 6 N–H and O–H groups in total. The molecular formula is C7H19B3O6. The van der Waals surface area contributed by atoms with Crippen molar-refractivity contribution in [2.24, 2.45) is 0 Å². The Morgan fingerprint density at radius 3 is 0.812 bits per heavy atom. The predicted octanol–water partition coefficient (Wildman–Crippen LogP) is -3.89. The molecule has 0 heterocycles. The topological polar surface area (TPSA) is 121 Å². The zero-order chi connectivity index (χ0) is 12.6. The van der Waals surface area contributed by atoms with Crippen LogP contribution in [0.5, 0.6) is 0 Å². The van der Waals surface area contributed by atoms with E-state index in [0.29, 0.717) is 0 Å². The Labute approximate surface area is 96.2 Å². The third-order valence-corrected chi connectivity index (χ3v) is 3.04. The first-order valence-corrected chi connectivity index (χ1v) is 5.35. The van der Waals surface area contributed by atoms with Gasteiger partial charge in [0.2, 0.25) is 0 Å². The van der Waals surface area contributed by atoms with Crippen LogP contribution in [-0.2, 0) is 0 Å². The second-order valence-electron chi connectivity index (χ2n) is 3.95. The molecule has 0 aromatic rings. The Morgan fingerprint density at radius 1 is 0.500 bits per heavy atom. The summed E-state index contributed by atoms with van der Waals surface area (Å²) in [7, 11) is 0. The van der Waals surface area contributed by atoms with Gasteiger partial charge in [0.15, 0.2) is 20.1 Å². The minimum Gasteiger partial charge on any atom is -0.404 e. The van der Waals surface area contributed by atoms with Gasteiger partial charge < -0.3 is 30.6 Å². The van der Waals surface area contributed by atoms with Crippen LogP contribution < -0.4 is 0 Å². The van der Waals surface area contributed by atoms with Crippen molar-refractivity contribution in [3.8, 4) is 0 Å². The maximum Gasteiger partial charge on any atom is 0.191 e. The number of hydrogen-bond donors (Lipinski definition) is 6. The smallest absolute Gasteiger partial charge is 0.191 e. The fourth-order valence-corrected chi connectivity index (χ4v) is 2.06. The molecule has 0 atom stereocenters. The van der Waals surface area contributed by atoms with Crippen molar-refractivity contribution < 1.29 is 30.6 Å². The van der Waals surface area contributed by atoms with Crippen LogP contribution in [0.25, 0.3) is 0 Å². The lowest BCUT2D eigenvalue weighted by Crippen LogP contribution is -2.53. The van der Waals surface area contributed by atoms with E-state index in [9.17, 15) is 0 Å². The van der Waals surface area contributed by atoms with E-state index in [-0.39, 0.29) is 39.0 Å². The van der Waals surface area contributed by atoms with E-state index in [0.717, 1.165) is 0 Å². The first kappa shape index (κ1) is 16.0. The Morgan fingerprint density at radius 2 is 0.688 bits per heavy atom. The average molecular weight is 232 g/mol. The Hall–Kier alpha value is -0.0452. The van der Waals surface area contributed by atoms with Gasteiger partial charge in [-0.15, -0.1) is 0 Å². The highest BCUT2D eigenvalue weighted by molar-refractivity contribution is 6.96. The highest BCUT2D eigenvalue weighted by atomic mass is 16.3. The van der Waals surface area contributed by atoms with Gasteiger partial charge >= 0.3 is 0 Å². The fourth-order valence-electron chi connectivity index (χ4n) is 2.06. The molecule has 0 saturated carbocycles. The number of aliphatic hydroxyl groups excluding tert-OH is 6. The second-order valence-corrected chi connectivity index (χ2v) is 3.95. The molecule has 92 valence electrons. The van der Waals surface area contributed by atoms with Crippen LogP contribution in [0.15, 0.2) is 0 Å². The molecule has 0 aliphatic heterocycles. The van der Waals surface area contributed by atoms with E-state index in [1.54, 1.807) is 0 Å². The highest BCUT2D eigenvalue weighted by Gasteiger charge is 2.40. The third-order valence-electron chi connectivity index (χ3n) is 3.04. The van der Waals surface area contributed by atoms with Crippen LogP contribution >= 0.6 is 0 Å². The monoisotopic (exact) mass is 232 g/mol. The van der Waals surface area contributed by atoms with Crippen LogP contribution in [0.3, 0.4) is 0 Å². The lowest BCUT2D eigenvalue weighted by molar-refractivity contribution is 0.315. The molecule has 0 aromatic carbocycles. The van der Waals surface area contributed by atoms with E-state index in [1.165, 1.54) is 0 Å². The van der Waals surface area contributed by atoms with E-state index in [4.69, 9.17) is 30.6 Å². The van der Waals surface area contributed by atoms with E-state index >= 15 is 0 Å². The van der Waals surface area contributed by atoms with Gasteiger partial charge in [-0.25, -0.2) is 0 Å². The molecular weight excluding hydrogens is 213 g/mol. The number of aliphatic hydroxyl groups is 6. The quantitative estimate of drug-likeness (QED) is 0.226. The third kappa shape index (κ3) is 4.08. The van der Waals surface area contributed by atoms with Crippen molar-refractivity contribution in [3.63, 3.8) is 0 Å².